The Morgan fingerprint density at radius 3 is 2.45 bits per heavy atom. The number of rotatable bonds is 7. The van der Waals surface area contributed by atoms with Crippen molar-refractivity contribution in [1.29, 1.82) is 0 Å². The number of aryl methyl sites for hydroxylation is 1. The highest BCUT2D eigenvalue weighted by molar-refractivity contribution is 5.95. The number of aromatic nitrogens is 1. The molecule has 2 N–H and O–H groups in total. The van der Waals surface area contributed by atoms with Gasteiger partial charge >= 0.3 is 0 Å². The zero-order valence-corrected chi connectivity index (χ0v) is 18.8. The van der Waals surface area contributed by atoms with E-state index in [1.807, 2.05) is 79.9 Å². The van der Waals surface area contributed by atoms with Crippen molar-refractivity contribution >= 4 is 33.9 Å². The highest BCUT2D eigenvalue weighted by atomic mass is 16.5. The van der Waals surface area contributed by atoms with Gasteiger partial charge in [0, 0.05) is 17.1 Å². The first-order valence-electron chi connectivity index (χ1n) is 10.8. The van der Waals surface area contributed by atoms with Crippen molar-refractivity contribution in [1.82, 2.24) is 4.57 Å². The van der Waals surface area contributed by atoms with Gasteiger partial charge in [-0.3, -0.25) is 4.79 Å². The number of aromatic hydroxyl groups is 1. The van der Waals surface area contributed by atoms with E-state index >= 15 is 0 Å². The molecule has 33 heavy (non-hydrogen) atoms. The van der Waals surface area contributed by atoms with Crippen molar-refractivity contribution in [2.45, 2.75) is 26.8 Å². The van der Waals surface area contributed by atoms with E-state index in [9.17, 15) is 9.90 Å². The predicted octanol–water partition coefficient (Wildman–Crippen LogP) is 6.67. The number of ether oxygens (including phenoxy) is 1. The first-order valence-corrected chi connectivity index (χ1v) is 10.8. The van der Waals surface area contributed by atoms with Crippen molar-refractivity contribution in [2.24, 2.45) is 10.2 Å². The fraction of sp³-hybridized carbons (Fsp3) is 0.192. The molecule has 0 fully saturated rings. The molecule has 0 aliphatic carbocycles. The van der Waals surface area contributed by atoms with Gasteiger partial charge in [0.15, 0.2) is 12.3 Å². The highest BCUT2D eigenvalue weighted by Crippen LogP contribution is 2.41. The van der Waals surface area contributed by atoms with Crippen LogP contribution in [0.15, 0.2) is 83.0 Å². The monoisotopic (exact) mass is 442 g/mol. The zero-order chi connectivity index (χ0) is 23.4. The summed E-state index contributed by atoms with van der Waals surface area (Å²) < 4.78 is 7.53. The maximum Gasteiger partial charge on any atom is 0.262 e. The molecule has 168 valence electrons. The van der Waals surface area contributed by atoms with Gasteiger partial charge in [0.2, 0.25) is 5.88 Å². The van der Waals surface area contributed by atoms with Crippen LogP contribution in [0.5, 0.6) is 11.6 Å². The van der Waals surface area contributed by atoms with Crippen LogP contribution in [0.2, 0.25) is 0 Å². The van der Waals surface area contributed by atoms with Crippen LogP contribution in [0.3, 0.4) is 0 Å². The van der Waals surface area contributed by atoms with Crippen molar-refractivity contribution < 1.29 is 14.6 Å². The average molecular weight is 443 g/mol. The Morgan fingerprint density at radius 1 is 1.00 bits per heavy atom. The molecule has 3 aromatic carbocycles. The van der Waals surface area contributed by atoms with Gasteiger partial charge in [0.25, 0.3) is 5.91 Å². The van der Waals surface area contributed by atoms with E-state index in [1.165, 1.54) is 0 Å². The number of hydrogen-bond acceptors (Lipinski definition) is 5. The van der Waals surface area contributed by atoms with Crippen LogP contribution in [-0.2, 0) is 4.79 Å². The molecular formula is C26H26N4O3. The van der Waals surface area contributed by atoms with E-state index in [0.717, 1.165) is 16.5 Å². The summed E-state index contributed by atoms with van der Waals surface area (Å²) in [5.74, 6) is 0.210. The molecule has 1 amide bonds. The SMILES string of the molecule is Cc1ccc(NC(=O)COc2ccccc2N=Nc2c(O)n(C(C)C)c3ccccc23)cc1. The van der Waals surface area contributed by atoms with Crippen molar-refractivity contribution in [2.75, 3.05) is 11.9 Å². The second kappa shape index (κ2) is 9.56. The van der Waals surface area contributed by atoms with E-state index in [2.05, 4.69) is 15.5 Å². The Bertz CT molecular complexity index is 1310. The maximum absolute atomic E-state index is 12.3. The first kappa shape index (κ1) is 22.1. The number of azo groups is 1. The summed E-state index contributed by atoms with van der Waals surface area (Å²) >= 11 is 0. The van der Waals surface area contributed by atoms with Gasteiger partial charge in [-0.15, -0.1) is 10.2 Å². The van der Waals surface area contributed by atoms with Crippen LogP contribution in [-0.4, -0.2) is 22.2 Å². The summed E-state index contributed by atoms with van der Waals surface area (Å²) in [6.45, 7) is 5.81. The first-order chi connectivity index (χ1) is 15.9. The molecule has 0 unspecified atom stereocenters. The summed E-state index contributed by atoms with van der Waals surface area (Å²) in [7, 11) is 0. The van der Waals surface area contributed by atoms with Crippen LogP contribution < -0.4 is 10.1 Å². The number of amides is 1. The number of fused-ring (bicyclic) bond motifs is 1. The predicted molar refractivity (Wildman–Crippen MR) is 130 cm³/mol. The molecule has 0 saturated carbocycles. The molecule has 1 aromatic heterocycles. The summed E-state index contributed by atoms with van der Waals surface area (Å²) in [6.07, 6.45) is 0. The number of anilines is 1. The standard InChI is InChI=1S/C26H26N4O3/c1-17(2)30-22-10-6-4-8-20(22)25(26(30)32)29-28-21-9-5-7-11-23(21)33-16-24(31)27-19-14-12-18(3)13-15-19/h4-15,17,32H,16H2,1-3H3,(H,27,31). The lowest BCUT2D eigenvalue weighted by molar-refractivity contribution is -0.118. The number of benzene rings is 3. The topological polar surface area (TPSA) is 88.2 Å². The van der Waals surface area contributed by atoms with E-state index < -0.39 is 0 Å². The summed E-state index contributed by atoms with van der Waals surface area (Å²) in [6, 6.07) is 22.3. The molecule has 1 heterocycles. The minimum Gasteiger partial charge on any atom is -0.493 e. The number of para-hydroxylation sites is 2. The molecule has 0 aliphatic heterocycles. The molecule has 0 aliphatic rings. The summed E-state index contributed by atoms with van der Waals surface area (Å²) in [4.78, 5) is 12.3. The largest absolute Gasteiger partial charge is 0.493 e. The lowest BCUT2D eigenvalue weighted by Crippen LogP contribution is -2.20. The fourth-order valence-corrected chi connectivity index (χ4v) is 3.60. The summed E-state index contributed by atoms with van der Waals surface area (Å²) in [5.41, 5.74) is 3.56. The molecule has 7 heteroatoms. The zero-order valence-electron chi connectivity index (χ0n) is 18.8. The molecule has 4 aromatic rings. The summed E-state index contributed by atoms with van der Waals surface area (Å²) in [5, 5.41) is 23.1. The molecular weight excluding hydrogens is 416 g/mol. The van der Waals surface area contributed by atoms with Crippen LogP contribution in [0.4, 0.5) is 17.1 Å². The molecule has 0 spiro atoms. The van der Waals surface area contributed by atoms with Gasteiger partial charge < -0.3 is 19.7 Å². The third kappa shape index (κ3) is 4.87. The van der Waals surface area contributed by atoms with Gasteiger partial charge in [0.1, 0.15) is 11.4 Å². The van der Waals surface area contributed by atoms with Crippen LogP contribution in [0.25, 0.3) is 10.9 Å². The Kier molecular flexibility index (Phi) is 6.40. The second-order valence-corrected chi connectivity index (χ2v) is 8.02. The lowest BCUT2D eigenvalue weighted by atomic mass is 10.2. The van der Waals surface area contributed by atoms with Gasteiger partial charge in [-0.25, -0.2) is 0 Å². The Labute approximate surface area is 192 Å². The number of hydrogen-bond donors (Lipinski definition) is 2. The maximum atomic E-state index is 12.3. The van der Waals surface area contributed by atoms with E-state index in [-0.39, 0.29) is 24.4 Å². The number of nitrogens with zero attached hydrogens (tertiary/aromatic N) is 3. The van der Waals surface area contributed by atoms with Crippen molar-refractivity contribution in [3.63, 3.8) is 0 Å². The Hall–Kier alpha value is -4.13. The van der Waals surface area contributed by atoms with E-state index in [4.69, 9.17) is 4.74 Å². The average Bonchev–Trinajstić information content (AvgIpc) is 3.09. The van der Waals surface area contributed by atoms with Gasteiger partial charge in [-0.2, -0.15) is 0 Å². The molecule has 7 nitrogen and oxygen atoms in total. The van der Waals surface area contributed by atoms with Gasteiger partial charge in [-0.05, 0) is 51.1 Å². The lowest BCUT2D eigenvalue weighted by Gasteiger charge is -2.10. The number of carbonyl (C=O) groups excluding carboxylic acids is 1. The van der Waals surface area contributed by atoms with Gasteiger partial charge in [-0.1, -0.05) is 48.0 Å². The van der Waals surface area contributed by atoms with Crippen LogP contribution in [0, 0.1) is 6.92 Å². The normalized spacial score (nSPS) is 11.4. The van der Waals surface area contributed by atoms with Crippen LogP contribution in [0.1, 0.15) is 25.5 Å². The van der Waals surface area contributed by atoms with Crippen molar-refractivity contribution in [3.8, 4) is 11.6 Å². The van der Waals surface area contributed by atoms with Gasteiger partial charge in [0.05, 0.1) is 5.52 Å². The molecule has 0 atom stereocenters. The number of nitrogens with one attached hydrogen (secondary N) is 1. The Balaban J connectivity index is 1.53. The molecule has 0 radical (unpaired) electrons. The van der Waals surface area contributed by atoms with Crippen molar-refractivity contribution in [3.05, 3.63) is 78.4 Å². The third-order valence-electron chi connectivity index (χ3n) is 5.19. The van der Waals surface area contributed by atoms with E-state index in [1.54, 1.807) is 18.2 Å². The fourth-order valence-electron chi connectivity index (χ4n) is 3.60. The smallest absolute Gasteiger partial charge is 0.262 e. The minimum atomic E-state index is -0.275. The second-order valence-electron chi connectivity index (χ2n) is 8.02. The molecule has 0 bridgehead atoms. The quantitative estimate of drug-likeness (QED) is 0.313. The van der Waals surface area contributed by atoms with Crippen LogP contribution >= 0.6 is 0 Å². The highest BCUT2D eigenvalue weighted by Gasteiger charge is 2.18. The number of carbonyl (C=O) groups is 1. The Morgan fingerprint density at radius 2 is 1.70 bits per heavy atom. The molecule has 0 saturated heterocycles. The third-order valence-corrected chi connectivity index (χ3v) is 5.19. The minimum absolute atomic E-state index is 0.0570. The molecule has 4 rings (SSSR count). The van der Waals surface area contributed by atoms with E-state index in [0.29, 0.717) is 22.8 Å².